The first kappa shape index (κ1) is 15.9. The minimum absolute atomic E-state index is 0.223. The highest BCUT2D eigenvalue weighted by Gasteiger charge is 2.17. The standard InChI is InChI=1S/C14H12ClNO3S2/c1-10-4-7-14(20-10)21(18,19)16-13-9-12(15)6-5-11(13)3-2-8-17/h4-7,9,16-17H,8H2,1H3. The number of nitrogens with one attached hydrogen (secondary N) is 1. The molecule has 1 aromatic carbocycles. The Kier molecular flexibility index (Phi) is 4.91. The summed E-state index contributed by atoms with van der Waals surface area (Å²) in [5.41, 5.74) is 0.736. The van der Waals surface area contributed by atoms with Crippen LogP contribution in [-0.4, -0.2) is 20.1 Å². The van der Waals surface area contributed by atoms with Gasteiger partial charge in [0, 0.05) is 15.5 Å². The van der Waals surface area contributed by atoms with Crippen molar-refractivity contribution in [2.24, 2.45) is 0 Å². The molecular weight excluding hydrogens is 330 g/mol. The van der Waals surface area contributed by atoms with Crippen LogP contribution in [0.2, 0.25) is 5.02 Å². The maximum atomic E-state index is 12.3. The van der Waals surface area contributed by atoms with E-state index in [-0.39, 0.29) is 16.5 Å². The molecule has 0 aliphatic rings. The second-order valence-corrected chi connectivity index (χ2v) is 7.75. The lowest BCUT2D eigenvalue weighted by Crippen LogP contribution is -2.12. The number of sulfonamides is 1. The normalized spacial score (nSPS) is 10.8. The first-order valence-corrected chi connectivity index (χ1v) is 8.58. The van der Waals surface area contributed by atoms with E-state index in [0.29, 0.717) is 10.6 Å². The summed E-state index contributed by atoms with van der Waals surface area (Å²) in [5, 5.41) is 9.14. The zero-order valence-corrected chi connectivity index (χ0v) is 13.4. The minimum atomic E-state index is -3.68. The van der Waals surface area contributed by atoms with Crippen molar-refractivity contribution in [3.8, 4) is 11.8 Å². The van der Waals surface area contributed by atoms with E-state index >= 15 is 0 Å². The van der Waals surface area contributed by atoms with Crippen molar-refractivity contribution >= 4 is 38.6 Å². The van der Waals surface area contributed by atoms with Crippen LogP contribution in [0.4, 0.5) is 5.69 Å². The molecule has 0 aliphatic carbocycles. The number of benzene rings is 1. The number of aliphatic hydroxyl groups excluding tert-OH is 1. The van der Waals surface area contributed by atoms with E-state index in [0.717, 1.165) is 4.88 Å². The SMILES string of the molecule is Cc1ccc(S(=O)(=O)Nc2cc(Cl)ccc2C#CCO)s1. The average Bonchev–Trinajstić information content (AvgIpc) is 2.85. The zero-order valence-electron chi connectivity index (χ0n) is 11.1. The molecule has 2 N–H and O–H groups in total. The molecule has 7 heteroatoms. The van der Waals surface area contributed by atoms with Gasteiger partial charge >= 0.3 is 0 Å². The molecule has 0 radical (unpaired) electrons. The molecule has 0 saturated carbocycles. The lowest BCUT2D eigenvalue weighted by molar-refractivity contribution is 0.350. The Morgan fingerprint density at radius 2 is 2.10 bits per heavy atom. The summed E-state index contributed by atoms with van der Waals surface area (Å²) in [6.07, 6.45) is 0. The Bertz CT molecular complexity index is 816. The van der Waals surface area contributed by atoms with Crippen LogP contribution in [0.3, 0.4) is 0 Å². The summed E-state index contributed by atoms with van der Waals surface area (Å²) < 4.78 is 27.3. The van der Waals surface area contributed by atoms with Gasteiger partial charge in [0.25, 0.3) is 10.0 Å². The highest BCUT2D eigenvalue weighted by atomic mass is 35.5. The van der Waals surface area contributed by atoms with Gasteiger partial charge < -0.3 is 5.11 Å². The maximum absolute atomic E-state index is 12.3. The van der Waals surface area contributed by atoms with Crippen molar-refractivity contribution in [3.05, 3.63) is 45.8 Å². The summed E-state index contributed by atoms with van der Waals surface area (Å²) in [6, 6.07) is 7.98. The van der Waals surface area contributed by atoms with E-state index in [4.69, 9.17) is 16.7 Å². The predicted molar refractivity (Wildman–Crippen MR) is 85.3 cm³/mol. The summed E-state index contributed by atoms with van der Waals surface area (Å²) in [5.74, 6) is 5.17. The number of thiophene rings is 1. The Balaban J connectivity index is 2.41. The number of rotatable bonds is 3. The Morgan fingerprint density at radius 3 is 2.71 bits per heavy atom. The van der Waals surface area contributed by atoms with Crippen molar-refractivity contribution in [2.45, 2.75) is 11.1 Å². The van der Waals surface area contributed by atoms with E-state index in [1.165, 1.54) is 17.4 Å². The van der Waals surface area contributed by atoms with Gasteiger partial charge in [-0.15, -0.1) is 11.3 Å². The number of hydrogen-bond acceptors (Lipinski definition) is 4. The predicted octanol–water partition coefficient (Wildman–Crippen LogP) is 2.85. The van der Waals surface area contributed by atoms with E-state index in [2.05, 4.69) is 16.6 Å². The van der Waals surface area contributed by atoms with E-state index < -0.39 is 10.0 Å². The molecule has 0 bridgehead atoms. The van der Waals surface area contributed by atoms with E-state index in [9.17, 15) is 8.42 Å². The van der Waals surface area contributed by atoms with Crippen molar-refractivity contribution in [1.82, 2.24) is 0 Å². The molecule has 1 aromatic heterocycles. The van der Waals surface area contributed by atoms with Crippen LogP contribution in [-0.2, 0) is 10.0 Å². The van der Waals surface area contributed by atoms with Gasteiger partial charge in [0.15, 0.2) is 0 Å². The molecule has 0 atom stereocenters. The van der Waals surface area contributed by atoms with Gasteiger partial charge in [-0.05, 0) is 37.3 Å². The molecule has 2 aromatic rings. The van der Waals surface area contributed by atoms with Crippen LogP contribution < -0.4 is 4.72 Å². The summed E-state index contributed by atoms with van der Waals surface area (Å²) >= 11 is 7.08. The molecule has 0 fully saturated rings. The molecular formula is C14H12ClNO3S2. The second kappa shape index (κ2) is 6.50. The summed E-state index contributed by atoms with van der Waals surface area (Å²) in [7, 11) is -3.68. The van der Waals surface area contributed by atoms with Crippen molar-refractivity contribution < 1.29 is 13.5 Å². The zero-order chi connectivity index (χ0) is 15.5. The molecule has 0 unspecified atom stereocenters. The van der Waals surface area contributed by atoms with Crippen LogP contribution in [0.5, 0.6) is 0 Å². The lowest BCUT2D eigenvalue weighted by Gasteiger charge is -2.09. The summed E-state index contributed by atoms with van der Waals surface area (Å²) in [4.78, 5) is 0.904. The first-order chi connectivity index (χ1) is 9.92. The largest absolute Gasteiger partial charge is 0.384 e. The fourth-order valence-electron chi connectivity index (χ4n) is 1.60. The number of aryl methyl sites for hydroxylation is 1. The molecule has 0 aliphatic heterocycles. The van der Waals surface area contributed by atoms with Gasteiger partial charge in [-0.25, -0.2) is 8.42 Å². The van der Waals surface area contributed by atoms with E-state index in [1.807, 2.05) is 6.92 Å². The minimum Gasteiger partial charge on any atom is -0.384 e. The number of hydrogen-bond donors (Lipinski definition) is 2. The molecule has 110 valence electrons. The first-order valence-electron chi connectivity index (χ1n) is 5.91. The highest BCUT2D eigenvalue weighted by Crippen LogP contribution is 2.26. The quantitative estimate of drug-likeness (QED) is 0.844. The topological polar surface area (TPSA) is 66.4 Å². The van der Waals surface area contributed by atoms with Gasteiger partial charge in [-0.3, -0.25) is 4.72 Å². The monoisotopic (exact) mass is 341 g/mol. The Morgan fingerprint density at radius 1 is 1.33 bits per heavy atom. The third kappa shape index (κ3) is 3.99. The molecule has 0 saturated heterocycles. The Hall–Kier alpha value is -1.52. The number of anilines is 1. The fraction of sp³-hybridized carbons (Fsp3) is 0.143. The third-order valence-electron chi connectivity index (χ3n) is 2.51. The van der Waals surface area contributed by atoms with E-state index in [1.54, 1.807) is 24.3 Å². The fourth-order valence-corrected chi connectivity index (χ4v) is 4.12. The molecule has 0 amide bonds. The van der Waals surface area contributed by atoms with Crippen LogP contribution in [0.1, 0.15) is 10.4 Å². The third-order valence-corrected chi connectivity index (χ3v) is 5.60. The van der Waals surface area contributed by atoms with Gasteiger partial charge in [-0.1, -0.05) is 23.4 Å². The van der Waals surface area contributed by atoms with Crippen LogP contribution in [0, 0.1) is 18.8 Å². The average molecular weight is 342 g/mol. The smallest absolute Gasteiger partial charge is 0.271 e. The van der Waals surface area contributed by atoms with Gasteiger partial charge in [0.05, 0.1) is 5.69 Å². The van der Waals surface area contributed by atoms with Crippen LogP contribution >= 0.6 is 22.9 Å². The lowest BCUT2D eigenvalue weighted by atomic mass is 10.2. The van der Waals surface area contributed by atoms with Crippen molar-refractivity contribution in [2.75, 3.05) is 11.3 Å². The van der Waals surface area contributed by atoms with Crippen LogP contribution in [0.15, 0.2) is 34.5 Å². The van der Waals surface area contributed by atoms with Crippen molar-refractivity contribution in [3.63, 3.8) is 0 Å². The molecule has 21 heavy (non-hydrogen) atoms. The Labute approximate surface area is 132 Å². The molecule has 0 spiro atoms. The molecule has 2 rings (SSSR count). The van der Waals surface area contributed by atoms with Gasteiger partial charge in [0.2, 0.25) is 0 Å². The van der Waals surface area contributed by atoms with Crippen LogP contribution in [0.25, 0.3) is 0 Å². The second-order valence-electron chi connectivity index (χ2n) is 4.12. The van der Waals surface area contributed by atoms with Gasteiger partial charge in [-0.2, -0.15) is 0 Å². The molecule has 1 heterocycles. The maximum Gasteiger partial charge on any atom is 0.271 e. The van der Waals surface area contributed by atoms with Gasteiger partial charge in [0.1, 0.15) is 10.8 Å². The molecule has 4 nitrogen and oxygen atoms in total. The number of aliphatic hydroxyl groups is 1. The summed E-state index contributed by atoms with van der Waals surface area (Å²) in [6.45, 7) is 1.53. The van der Waals surface area contributed by atoms with Crippen molar-refractivity contribution in [1.29, 1.82) is 0 Å². The number of halogens is 1. The highest BCUT2D eigenvalue weighted by molar-refractivity contribution is 7.94.